The molecule has 1 unspecified atom stereocenters. The Morgan fingerprint density at radius 1 is 1.26 bits per heavy atom. The molecule has 1 heterocycles. The zero-order chi connectivity index (χ0) is 14.0. The van der Waals surface area contributed by atoms with Crippen LogP contribution in [0.15, 0.2) is 32.5 Å². The van der Waals surface area contributed by atoms with Gasteiger partial charge < -0.3 is 5.32 Å². The van der Waals surface area contributed by atoms with Crippen molar-refractivity contribution in [1.82, 2.24) is 5.32 Å². The molecule has 0 fully saturated rings. The minimum absolute atomic E-state index is 0.171. The monoisotopic (exact) mass is 441 g/mol. The van der Waals surface area contributed by atoms with E-state index in [2.05, 4.69) is 50.2 Å². The van der Waals surface area contributed by atoms with E-state index in [9.17, 15) is 0 Å². The van der Waals surface area contributed by atoms with Gasteiger partial charge in [-0.3, -0.25) is 0 Å². The molecule has 1 N–H and O–H groups in total. The average molecular weight is 444 g/mol. The second-order valence-corrected chi connectivity index (χ2v) is 8.26. The van der Waals surface area contributed by atoms with Crippen molar-refractivity contribution in [2.24, 2.45) is 0 Å². The lowest BCUT2D eigenvalue weighted by Crippen LogP contribution is -2.17. The average Bonchev–Trinajstić information content (AvgIpc) is 2.66. The van der Waals surface area contributed by atoms with Crippen molar-refractivity contribution in [2.45, 2.75) is 19.5 Å². The lowest BCUT2D eigenvalue weighted by molar-refractivity contribution is 0.579. The molecule has 0 aliphatic carbocycles. The summed E-state index contributed by atoms with van der Waals surface area (Å²) in [4.78, 5) is 1.26. The van der Waals surface area contributed by atoms with Gasteiger partial charge in [0, 0.05) is 32.0 Å². The van der Waals surface area contributed by atoms with Crippen LogP contribution < -0.4 is 5.32 Å². The number of thiophene rings is 1. The van der Waals surface area contributed by atoms with Crippen LogP contribution in [0.5, 0.6) is 0 Å². The second-order valence-electron chi connectivity index (χ2n) is 4.10. The van der Waals surface area contributed by atoms with Crippen molar-refractivity contribution in [2.75, 3.05) is 0 Å². The lowest BCUT2D eigenvalue weighted by Gasteiger charge is -2.15. The molecule has 0 saturated heterocycles. The Kier molecular flexibility index (Phi) is 5.76. The first-order chi connectivity index (χ1) is 8.97. The summed E-state index contributed by atoms with van der Waals surface area (Å²) in [6, 6.07) is 7.87. The fraction of sp³-hybridized carbons (Fsp3) is 0.231. The third-order valence-corrected chi connectivity index (χ3v) is 6.53. The SMILES string of the molecule is CC(NCc1cc(Br)c(Br)s1)c1ccc(Cl)cc1Cl. The Bertz CT molecular complexity index is 567. The Labute approximate surface area is 143 Å². The van der Waals surface area contributed by atoms with Gasteiger partial charge in [0.2, 0.25) is 0 Å². The zero-order valence-corrected chi connectivity index (χ0v) is 15.5. The Morgan fingerprint density at radius 2 is 2.00 bits per heavy atom. The first kappa shape index (κ1) is 15.8. The van der Waals surface area contributed by atoms with E-state index in [0.717, 1.165) is 20.4 Å². The molecule has 0 spiro atoms. The maximum Gasteiger partial charge on any atom is 0.0843 e. The lowest BCUT2D eigenvalue weighted by atomic mass is 10.1. The van der Waals surface area contributed by atoms with Gasteiger partial charge in [-0.15, -0.1) is 11.3 Å². The first-order valence-electron chi connectivity index (χ1n) is 5.59. The highest BCUT2D eigenvalue weighted by Gasteiger charge is 2.11. The molecule has 0 saturated carbocycles. The van der Waals surface area contributed by atoms with Gasteiger partial charge in [0.05, 0.1) is 3.79 Å². The van der Waals surface area contributed by atoms with Crippen molar-refractivity contribution in [3.63, 3.8) is 0 Å². The Balaban J connectivity index is 2.03. The second kappa shape index (κ2) is 6.92. The highest BCUT2D eigenvalue weighted by molar-refractivity contribution is 9.13. The zero-order valence-electron chi connectivity index (χ0n) is 10.0. The van der Waals surface area contributed by atoms with E-state index in [-0.39, 0.29) is 6.04 Å². The predicted molar refractivity (Wildman–Crippen MR) is 91.4 cm³/mol. The number of benzene rings is 1. The third-order valence-electron chi connectivity index (χ3n) is 2.71. The van der Waals surface area contributed by atoms with Gasteiger partial charge in [-0.25, -0.2) is 0 Å². The molecule has 0 radical (unpaired) electrons. The molecule has 1 aromatic heterocycles. The number of hydrogen-bond acceptors (Lipinski definition) is 2. The van der Waals surface area contributed by atoms with Gasteiger partial charge in [0.1, 0.15) is 0 Å². The minimum Gasteiger partial charge on any atom is -0.305 e. The smallest absolute Gasteiger partial charge is 0.0843 e. The van der Waals surface area contributed by atoms with Crippen molar-refractivity contribution < 1.29 is 0 Å². The summed E-state index contributed by atoms with van der Waals surface area (Å²) in [6.07, 6.45) is 0. The maximum absolute atomic E-state index is 6.20. The standard InChI is InChI=1S/C13H11Br2Cl2NS/c1-7(10-3-2-8(16)4-12(10)17)18-6-9-5-11(14)13(15)19-9/h2-5,7,18H,6H2,1H3. The predicted octanol–water partition coefficient (Wildman–Crippen LogP) is 6.43. The summed E-state index contributed by atoms with van der Waals surface area (Å²) in [5.41, 5.74) is 1.06. The number of nitrogens with one attached hydrogen (secondary N) is 1. The molecule has 102 valence electrons. The molecule has 6 heteroatoms. The topological polar surface area (TPSA) is 12.0 Å². The molecule has 0 aliphatic heterocycles. The van der Waals surface area contributed by atoms with Gasteiger partial charge >= 0.3 is 0 Å². The highest BCUT2D eigenvalue weighted by atomic mass is 79.9. The quantitative estimate of drug-likeness (QED) is 0.574. The van der Waals surface area contributed by atoms with Crippen LogP contribution in [-0.2, 0) is 6.54 Å². The van der Waals surface area contributed by atoms with E-state index >= 15 is 0 Å². The maximum atomic E-state index is 6.20. The minimum atomic E-state index is 0.171. The third kappa shape index (κ3) is 4.19. The molecule has 1 atom stereocenters. The number of rotatable bonds is 4. The molecule has 1 aromatic carbocycles. The molecule has 1 nitrogen and oxygen atoms in total. The number of halogens is 4. The van der Waals surface area contributed by atoms with E-state index in [0.29, 0.717) is 10.0 Å². The summed E-state index contributed by atoms with van der Waals surface area (Å²) in [7, 11) is 0. The van der Waals surface area contributed by atoms with Crippen LogP contribution in [-0.4, -0.2) is 0 Å². The van der Waals surface area contributed by atoms with Crippen LogP contribution in [0.1, 0.15) is 23.4 Å². The van der Waals surface area contributed by atoms with Gasteiger partial charge in [-0.1, -0.05) is 29.3 Å². The molecule has 2 aromatic rings. The van der Waals surface area contributed by atoms with Crippen LogP contribution >= 0.6 is 66.4 Å². The molecule has 0 amide bonds. The van der Waals surface area contributed by atoms with E-state index < -0.39 is 0 Å². The Morgan fingerprint density at radius 3 is 2.58 bits per heavy atom. The van der Waals surface area contributed by atoms with E-state index in [4.69, 9.17) is 23.2 Å². The van der Waals surface area contributed by atoms with Gasteiger partial charge in [0.15, 0.2) is 0 Å². The van der Waals surface area contributed by atoms with E-state index in [1.165, 1.54) is 4.88 Å². The van der Waals surface area contributed by atoms with E-state index in [1.54, 1.807) is 17.4 Å². The molecule has 19 heavy (non-hydrogen) atoms. The fourth-order valence-electron chi connectivity index (χ4n) is 1.69. The Hall–Kier alpha value is 0.420. The highest BCUT2D eigenvalue weighted by Crippen LogP contribution is 2.33. The molecule has 0 bridgehead atoms. The molecule has 0 aliphatic rings. The van der Waals surface area contributed by atoms with Crippen LogP contribution in [0, 0.1) is 0 Å². The van der Waals surface area contributed by atoms with Gasteiger partial charge in [-0.05, 0) is 62.5 Å². The van der Waals surface area contributed by atoms with Gasteiger partial charge in [0.25, 0.3) is 0 Å². The summed E-state index contributed by atoms with van der Waals surface area (Å²) < 4.78 is 2.20. The summed E-state index contributed by atoms with van der Waals surface area (Å²) in [6.45, 7) is 2.89. The van der Waals surface area contributed by atoms with Crippen LogP contribution in [0.25, 0.3) is 0 Å². The fourth-order valence-corrected chi connectivity index (χ4v) is 4.39. The van der Waals surface area contributed by atoms with E-state index in [1.807, 2.05) is 12.1 Å². The number of hydrogen-bond donors (Lipinski definition) is 1. The van der Waals surface area contributed by atoms with Crippen LogP contribution in [0.3, 0.4) is 0 Å². The molecular formula is C13H11Br2Cl2NS. The van der Waals surface area contributed by atoms with Crippen molar-refractivity contribution in [3.8, 4) is 0 Å². The van der Waals surface area contributed by atoms with Crippen LogP contribution in [0.4, 0.5) is 0 Å². The molecular weight excluding hydrogens is 433 g/mol. The van der Waals surface area contributed by atoms with Crippen LogP contribution in [0.2, 0.25) is 10.0 Å². The van der Waals surface area contributed by atoms with Gasteiger partial charge in [-0.2, -0.15) is 0 Å². The first-order valence-corrected chi connectivity index (χ1v) is 8.75. The normalized spacial score (nSPS) is 12.7. The summed E-state index contributed by atoms with van der Waals surface area (Å²) >= 11 is 20.8. The summed E-state index contributed by atoms with van der Waals surface area (Å²) in [5.74, 6) is 0. The van der Waals surface area contributed by atoms with Crippen molar-refractivity contribution in [3.05, 3.63) is 53.0 Å². The largest absolute Gasteiger partial charge is 0.305 e. The summed E-state index contributed by atoms with van der Waals surface area (Å²) in [5, 5.41) is 4.81. The van der Waals surface area contributed by atoms with Crippen molar-refractivity contribution in [1.29, 1.82) is 0 Å². The van der Waals surface area contributed by atoms with Crippen molar-refractivity contribution >= 4 is 66.4 Å². The molecule has 2 rings (SSSR count).